The van der Waals surface area contributed by atoms with Crippen LogP contribution in [0, 0.1) is 0 Å². The van der Waals surface area contributed by atoms with E-state index in [1.54, 1.807) is 0 Å². The van der Waals surface area contributed by atoms with E-state index in [0.29, 0.717) is 5.56 Å². The fourth-order valence-electron chi connectivity index (χ4n) is 1.39. The van der Waals surface area contributed by atoms with Crippen LogP contribution in [0.15, 0.2) is 24.3 Å². The number of alkyl halides is 3. The number of nitrogens with two attached hydrogens (primary N) is 1. The van der Waals surface area contributed by atoms with Crippen LogP contribution in [0.5, 0.6) is 0 Å². The monoisotopic (exact) mass is 312 g/mol. The first kappa shape index (κ1) is 18.7. The van der Waals surface area contributed by atoms with Crippen LogP contribution in [0.25, 0.3) is 0 Å². The summed E-state index contributed by atoms with van der Waals surface area (Å²) in [5, 5.41) is 2.52. The molecule has 8 heteroatoms. The molecule has 20 heavy (non-hydrogen) atoms. The number of carbonyl (C=O) groups is 1. The lowest BCUT2D eigenvalue weighted by atomic mass is 10.1. The number of rotatable bonds is 5. The van der Waals surface area contributed by atoms with Gasteiger partial charge < -0.3 is 15.8 Å². The maximum absolute atomic E-state index is 12.3. The van der Waals surface area contributed by atoms with E-state index >= 15 is 0 Å². The highest BCUT2D eigenvalue weighted by molar-refractivity contribution is 5.85. The summed E-state index contributed by atoms with van der Waals surface area (Å²) in [6.07, 6.45) is -4.36. The second-order valence-corrected chi connectivity index (χ2v) is 3.97. The Morgan fingerprint density at radius 3 is 2.35 bits per heavy atom. The van der Waals surface area contributed by atoms with Crippen molar-refractivity contribution >= 4 is 18.3 Å². The first-order chi connectivity index (χ1) is 8.84. The molecule has 3 N–H and O–H groups in total. The Balaban J connectivity index is 0.00000361. The van der Waals surface area contributed by atoms with E-state index in [0.717, 1.165) is 12.1 Å². The lowest BCUT2D eigenvalue weighted by Crippen LogP contribution is -2.43. The van der Waals surface area contributed by atoms with E-state index in [2.05, 4.69) is 5.32 Å². The lowest BCUT2D eigenvalue weighted by molar-refractivity contribution is -0.137. The third-order valence-electron chi connectivity index (χ3n) is 2.43. The number of amides is 1. The molecule has 0 aliphatic rings. The highest BCUT2D eigenvalue weighted by Crippen LogP contribution is 2.28. The van der Waals surface area contributed by atoms with Crippen molar-refractivity contribution in [3.63, 3.8) is 0 Å². The van der Waals surface area contributed by atoms with Gasteiger partial charge >= 0.3 is 6.18 Å². The van der Waals surface area contributed by atoms with Crippen LogP contribution >= 0.6 is 12.4 Å². The molecule has 4 nitrogen and oxygen atoms in total. The summed E-state index contributed by atoms with van der Waals surface area (Å²) in [4.78, 5) is 11.4. The third kappa shape index (κ3) is 5.77. The molecule has 0 aliphatic carbocycles. The van der Waals surface area contributed by atoms with Gasteiger partial charge in [0.2, 0.25) is 5.91 Å². The highest BCUT2D eigenvalue weighted by atomic mass is 35.5. The molecule has 1 aromatic carbocycles. The van der Waals surface area contributed by atoms with Crippen molar-refractivity contribution in [2.45, 2.75) is 18.8 Å². The van der Waals surface area contributed by atoms with Crippen molar-refractivity contribution in [2.24, 2.45) is 5.73 Å². The molecule has 1 unspecified atom stereocenters. The van der Waals surface area contributed by atoms with Crippen LogP contribution in [0.3, 0.4) is 0 Å². The van der Waals surface area contributed by atoms with Crippen LogP contribution in [0.2, 0.25) is 0 Å². The van der Waals surface area contributed by atoms with Gasteiger partial charge in [0.15, 0.2) is 0 Å². The number of benzene rings is 1. The minimum Gasteiger partial charge on any atom is -0.383 e. The number of halogens is 4. The fourth-order valence-corrected chi connectivity index (χ4v) is 1.39. The van der Waals surface area contributed by atoms with E-state index < -0.39 is 23.7 Å². The number of ether oxygens (including phenoxy) is 1. The van der Waals surface area contributed by atoms with Crippen molar-refractivity contribution in [1.82, 2.24) is 5.32 Å². The van der Waals surface area contributed by atoms with Gasteiger partial charge in [-0.05, 0) is 17.7 Å². The fraction of sp³-hybridized carbons (Fsp3) is 0.417. The first-order valence-electron chi connectivity index (χ1n) is 5.53. The quantitative estimate of drug-likeness (QED) is 0.870. The molecule has 1 amide bonds. The van der Waals surface area contributed by atoms with Crippen LogP contribution in [0.4, 0.5) is 13.2 Å². The average molecular weight is 313 g/mol. The minimum atomic E-state index is -4.36. The van der Waals surface area contributed by atoms with Gasteiger partial charge in [0.05, 0.1) is 12.2 Å². The van der Waals surface area contributed by atoms with Gasteiger partial charge in [-0.15, -0.1) is 12.4 Å². The topological polar surface area (TPSA) is 64.3 Å². The largest absolute Gasteiger partial charge is 0.416 e. The van der Waals surface area contributed by atoms with Crippen LogP contribution in [0.1, 0.15) is 11.1 Å². The molecule has 0 aromatic heterocycles. The minimum absolute atomic E-state index is 0. The van der Waals surface area contributed by atoms with E-state index in [1.165, 1.54) is 19.2 Å². The van der Waals surface area contributed by atoms with Gasteiger partial charge in [-0.3, -0.25) is 4.79 Å². The molecule has 0 bridgehead atoms. The average Bonchev–Trinajstić information content (AvgIpc) is 2.35. The number of methoxy groups -OCH3 is 1. The highest BCUT2D eigenvalue weighted by Gasteiger charge is 2.29. The molecular weight excluding hydrogens is 297 g/mol. The molecule has 1 aromatic rings. The molecule has 0 heterocycles. The predicted octanol–water partition coefficient (Wildman–Crippen LogP) is 1.72. The van der Waals surface area contributed by atoms with Gasteiger partial charge in [-0.1, -0.05) is 12.1 Å². The zero-order chi connectivity index (χ0) is 14.5. The third-order valence-corrected chi connectivity index (χ3v) is 2.43. The molecule has 0 radical (unpaired) electrons. The van der Waals surface area contributed by atoms with Crippen molar-refractivity contribution in [3.05, 3.63) is 35.4 Å². The summed E-state index contributed by atoms with van der Waals surface area (Å²) in [5.41, 5.74) is 5.32. The molecule has 0 fully saturated rings. The zero-order valence-corrected chi connectivity index (χ0v) is 11.6. The molecule has 0 saturated heterocycles. The smallest absolute Gasteiger partial charge is 0.383 e. The van der Waals surface area contributed by atoms with Crippen molar-refractivity contribution in [2.75, 3.05) is 13.7 Å². The summed E-state index contributed by atoms with van der Waals surface area (Å²) in [7, 11) is 1.42. The molecular formula is C12H16ClF3N2O2. The summed E-state index contributed by atoms with van der Waals surface area (Å²) in [5.74, 6) is -0.415. The Bertz CT molecular complexity index is 424. The summed E-state index contributed by atoms with van der Waals surface area (Å²) in [6.45, 7) is 0.202. The Hall–Kier alpha value is -1.31. The standard InChI is InChI=1S/C12H15F3N2O2.ClH/c1-19-7-10(16)11(18)17-6-8-2-4-9(5-3-8)12(13,14)15;/h2-5,10H,6-7,16H2,1H3,(H,17,18);1H. The number of nitrogens with one attached hydrogen (secondary N) is 1. The van der Waals surface area contributed by atoms with Crippen LogP contribution < -0.4 is 11.1 Å². The van der Waals surface area contributed by atoms with Gasteiger partial charge in [0.25, 0.3) is 0 Å². The molecule has 1 rings (SSSR count). The van der Waals surface area contributed by atoms with E-state index in [4.69, 9.17) is 10.5 Å². The predicted molar refractivity (Wildman–Crippen MR) is 70.4 cm³/mol. The Labute approximate surface area is 120 Å². The number of hydrogen-bond donors (Lipinski definition) is 2. The van der Waals surface area contributed by atoms with Crippen molar-refractivity contribution in [3.8, 4) is 0 Å². The lowest BCUT2D eigenvalue weighted by Gasteiger charge is -2.12. The van der Waals surface area contributed by atoms with E-state index in [9.17, 15) is 18.0 Å². The van der Waals surface area contributed by atoms with E-state index in [-0.39, 0.29) is 25.6 Å². The van der Waals surface area contributed by atoms with Gasteiger partial charge in [0, 0.05) is 13.7 Å². The van der Waals surface area contributed by atoms with Crippen molar-refractivity contribution in [1.29, 1.82) is 0 Å². The SMILES string of the molecule is COCC(N)C(=O)NCc1ccc(C(F)(F)F)cc1.Cl. The summed E-state index contributed by atoms with van der Waals surface area (Å²) in [6, 6.07) is 3.77. The maximum atomic E-state index is 12.3. The van der Waals surface area contributed by atoms with Gasteiger partial charge in [0.1, 0.15) is 6.04 Å². The number of carbonyl (C=O) groups excluding carboxylic acids is 1. The molecule has 114 valence electrons. The van der Waals surface area contributed by atoms with E-state index in [1.807, 2.05) is 0 Å². The summed E-state index contributed by atoms with van der Waals surface area (Å²) < 4.78 is 41.7. The molecule has 1 atom stereocenters. The zero-order valence-electron chi connectivity index (χ0n) is 10.7. The normalized spacial score (nSPS) is 12.4. The van der Waals surface area contributed by atoms with Gasteiger partial charge in [-0.2, -0.15) is 13.2 Å². The second-order valence-electron chi connectivity index (χ2n) is 3.97. The molecule has 0 spiro atoms. The maximum Gasteiger partial charge on any atom is 0.416 e. The molecule has 0 aliphatic heterocycles. The van der Waals surface area contributed by atoms with Gasteiger partial charge in [-0.25, -0.2) is 0 Å². The Morgan fingerprint density at radius 1 is 1.35 bits per heavy atom. The van der Waals surface area contributed by atoms with Crippen LogP contribution in [-0.4, -0.2) is 25.7 Å². The molecule has 0 saturated carbocycles. The number of hydrogen-bond acceptors (Lipinski definition) is 3. The first-order valence-corrected chi connectivity index (χ1v) is 5.53. The Kier molecular flexibility index (Phi) is 7.55. The van der Waals surface area contributed by atoms with Crippen LogP contribution in [-0.2, 0) is 22.3 Å². The summed E-state index contributed by atoms with van der Waals surface area (Å²) >= 11 is 0. The Morgan fingerprint density at radius 2 is 1.90 bits per heavy atom. The van der Waals surface area contributed by atoms with Crippen molar-refractivity contribution < 1.29 is 22.7 Å². The second kappa shape index (κ2) is 8.08.